The Kier molecular flexibility index (Phi) is 3.33. The molecule has 96 valence electrons. The van der Waals surface area contributed by atoms with E-state index in [1.807, 2.05) is 26.8 Å². The molecule has 0 saturated carbocycles. The summed E-state index contributed by atoms with van der Waals surface area (Å²) in [7, 11) is -3.36. The molecule has 1 fully saturated rings. The first-order valence-electron chi connectivity index (χ1n) is 5.68. The van der Waals surface area contributed by atoms with Gasteiger partial charge in [0.15, 0.2) is 0 Å². The molecule has 4 nitrogen and oxygen atoms in total. The van der Waals surface area contributed by atoms with E-state index in [0.29, 0.717) is 10.8 Å². The van der Waals surface area contributed by atoms with Crippen LogP contribution < -0.4 is 5.73 Å². The van der Waals surface area contributed by atoms with Gasteiger partial charge < -0.3 is 5.73 Å². The highest BCUT2D eigenvalue weighted by molar-refractivity contribution is 7.91. The molecule has 2 rings (SSSR count). The minimum Gasteiger partial charge on any atom is -0.326 e. The molecular weight excluding hydrogens is 256 g/mol. The topological polar surface area (TPSA) is 63.4 Å². The van der Waals surface area contributed by atoms with Crippen LogP contribution >= 0.6 is 11.3 Å². The van der Waals surface area contributed by atoms with Crippen LogP contribution in [0.5, 0.6) is 0 Å². The summed E-state index contributed by atoms with van der Waals surface area (Å²) in [5.74, 6) is 0. The van der Waals surface area contributed by atoms with Crippen LogP contribution in [0.4, 0.5) is 0 Å². The van der Waals surface area contributed by atoms with Crippen molar-refractivity contribution in [3.63, 3.8) is 0 Å². The first-order chi connectivity index (χ1) is 7.84. The quantitative estimate of drug-likeness (QED) is 0.888. The van der Waals surface area contributed by atoms with Crippen molar-refractivity contribution >= 4 is 21.4 Å². The monoisotopic (exact) mass is 274 g/mol. The third-order valence-electron chi connectivity index (χ3n) is 3.30. The van der Waals surface area contributed by atoms with E-state index in [1.54, 1.807) is 0 Å². The second-order valence-corrected chi connectivity index (χ2v) is 7.98. The molecule has 0 spiro atoms. The molecule has 0 aromatic carbocycles. The predicted octanol–water partition coefficient (Wildman–Crippen LogP) is 1.48. The molecule has 1 aliphatic heterocycles. The van der Waals surface area contributed by atoms with Gasteiger partial charge in [-0.2, -0.15) is 4.31 Å². The lowest BCUT2D eigenvalue weighted by molar-refractivity contribution is 0.394. The highest BCUT2D eigenvalue weighted by Crippen LogP contribution is 2.32. The summed E-state index contributed by atoms with van der Waals surface area (Å²) in [5.41, 5.74) is 6.72. The third kappa shape index (κ3) is 2.14. The number of sulfonamides is 1. The van der Waals surface area contributed by atoms with Crippen LogP contribution in [-0.2, 0) is 10.0 Å². The normalized spacial score (nSPS) is 26.6. The van der Waals surface area contributed by atoms with E-state index in [0.717, 1.165) is 16.9 Å². The van der Waals surface area contributed by atoms with Gasteiger partial charge in [0.05, 0.1) is 0 Å². The molecule has 17 heavy (non-hydrogen) atoms. The Bertz CT molecular complexity index is 522. The Hall–Kier alpha value is -0.430. The zero-order valence-corrected chi connectivity index (χ0v) is 11.9. The number of nitrogens with zero attached hydrogens (tertiary/aromatic N) is 1. The van der Waals surface area contributed by atoms with Gasteiger partial charge in [-0.05, 0) is 38.8 Å². The van der Waals surface area contributed by atoms with Crippen molar-refractivity contribution in [2.75, 3.05) is 6.54 Å². The van der Waals surface area contributed by atoms with Gasteiger partial charge in [-0.15, -0.1) is 11.3 Å². The summed E-state index contributed by atoms with van der Waals surface area (Å²) in [6.07, 6.45) is 0.740. The largest absolute Gasteiger partial charge is 0.326 e. The lowest BCUT2D eigenvalue weighted by atomic mass is 10.2. The molecule has 2 unspecified atom stereocenters. The van der Waals surface area contributed by atoms with Gasteiger partial charge in [-0.1, -0.05) is 0 Å². The lowest BCUT2D eigenvalue weighted by Crippen LogP contribution is -2.40. The molecule has 2 heterocycles. The fourth-order valence-electron chi connectivity index (χ4n) is 2.26. The number of hydrogen-bond acceptors (Lipinski definition) is 4. The maximum atomic E-state index is 12.5. The summed E-state index contributed by atoms with van der Waals surface area (Å²) in [4.78, 5) is 1.03. The van der Waals surface area contributed by atoms with Crippen LogP contribution in [0.25, 0.3) is 0 Å². The van der Waals surface area contributed by atoms with Crippen LogP contribution in [0.2, 0.25) is 0 Å². The SMILES string of the molecule is Cc1cc(C)c(S(=O)(=O)N2CCC(N)C2C)s1. The molecule has 1 aromatic rings. The predicted molar refractivity (Wildman–Crippen MR) is 69.7 cm³/mol. The second kappa shape index (κ2) is 4.35. The van der Waals surface area contributed by atoms with Crippen molar-refractivity contribution in [3.05, 3.63) is 16.5 Å². The fraction of sp³-hybridized carbons (Fsp3) is 0.636. The Balaban J connectivity index is 2.41. The molecule has 1 aromatic heterocycles. The van der Waals surface area contributed by atoms with Crippen molar-refractivity contribution < 1.29 is 8.42 Å². The minimum atomic E-state index is -3.36. The number of hydrogen-bond donors (Lipinski definition) is 1. The first kappa shape index (κ1) is 13.0. The third-order valence-corrected chi connectivity index (χ3v) is 7.05. The summed E-state index contributed by atoms with van der Waals surface area (Å²) < 4.78 is 27.0. The van der Waals surface area contributed by atoms with Crippen LogP contribution in [0.3, 0.4) is 0 Å². The summed E-state index contributed by atoms with van der Waals surface area (Å²) in [6.45, 7) is 6.18. The highest BCUT2D eigenvalue weighted by Gasteiger charge is 2.38. The standard InChI is InChI=1S/C11H18N2O2S2/c1-7-6-8(2)16-11(7)17(14,15)13-5-4-10(12)9(13)3/h6,9-10H,4-5,12H2,1-3H3. The maximum Gasteiger partial charge on any atom is 0.253 e. The number of nitrogens with two attached hydrogens (primary N) is 1. The number of thiophene rings is 1. The average Bonchev–Trinajstić information content (AvgIpc) is 2.72. The second-order valence-electron chi connectivity index (χ2n) is 4.64. The van der Waals surface area contributed by atoms with Crippen LogP contribution in [0.15, 0.2) is 10.3 Å². The molecular formula is C11H18N2O2S2. The van der Waals surface area contributed by atoms with E-state index in [1.165, 1.54) is 15.6 Å². The molecule has 0 radical (unpaired) electrons. The Morgan fingerprint density at radius 2 is 2.12 bits per heavy atom. The molecule has 0 aliphatic carbocycles. The van der Waals surface area contributed by atoms with Crippen molar-refractivity contribution in [3.8, 4) is 0 Å². The van der Waals surface area contributed by atoms with Gasteiger partial charge in [0, 0.05) is 23.5 Å². The van der Waals surface area contributed by atoms with E-state index >= 15 is 0 Å². The van der Waals surface area contributed by atoms with Crippen LogP contribution in [-0.4, -0.2) is 31.4 Å². The maximum absolute atomic E-state index is 12.5. The van der Waals surface area contributed by atoms with Gasteiger partial charge in [-0.25, -0.2) is 8.42 Å². The Morgan fingerprint density at radius 1 is 1.47 bits per heavy atom. The van der Waals surface area contributed by atoms with Crippen molar-refractivity contribution in [1.82, 2.24) is 4.31 Å². The molecule has 0 bridgehead atoms. The summed E-state index contributed by atoms with van der Waals surface area (Å²) in [6, 6.07) is 1.76. The van der Waals surface area contributed by atoms with Gasteiger partial charge in [0.25, 0.3) is 10.0 Å². The van der Waals surface area contributed by atoms with Crippen molar-refractivity contribution in [1.29, 1.82) is 0 Å². The first-order valence-corrected chi connectivity index (χ1v) is 7.94. The molecule has 1 aliphatic rings. The smallest absolute Gasteiger partial charge is 0.253 e. The summed E-state index contributed by atoms with van der Waals surface area (Å²) >= 11 is 1.34. The van der Waals surface area contributed by atoms with Gasteiger partial charge in [-0.3, -0.25) is 0 Å². The molecule has 2 atom stereocenters. The van der Waals surface area contributed by atoms with E-state index < -0.39 is 10.0 Å². The van der Waals surface area contributed by atoms with E-state index in [-0.39, 0.29) is 12.1 Å². The molecule has 0 amide bonds. The van der Waals surface area contributed by atoms with Gasteiger partial charge >= 0.3 is 0 Å². The van der Waals surface area contributed by atoms with Crippen molar-refractivity contribution in [2.45, 2.75) is 43.5 Å². The van der Waals surface area contributed by atoms with Crippen LogP contribution in [0.1, 0.15) is 23.8 Å². The van der Waals surface area contributed by atoms with E-state index in [2.05, 4.69) is 0 Å². The van der Waals surface area contributed by atoms with Gasteiger partial charge in [0.1, 0.15) is 4.21 Å². The average molecular weight is 274 g/mol. The van der Waals surface area contributed by atoms with Gasteiger partial charge in [0.2, 0.25) is 0 Å². The lowest BCUT2D eigenvalue weighted by Gasteiger charge is -2.22. The molecule has 2 N–H and O–H groups in total. The Morgan fingerprint density at radius 3 is 2.53 bits per heavy atom. The van der Waals surface area contributed by atoms with E-state index in [9.17, 15) is 8.42 Å². The van der Waals surface area contributed by atoms with E-state index in [4.69, 9.17) is 5.73 Å². The highest BCUT2D eigenvalue weighted by atomic mass is 32.2. The van der Waals surface area contributed by atoms with Crippen LogP contribution in [0, 0.1) is 13.8 Å². The number of rotatable bonds is 2. The molecule has 6 heteroatoms. The molecule has 1 saturated heterocycles. The number of aryl methyl sites for hydroxylation is 2. The zero-order valence-electron chi connectivity index (χ0n) is 10.3. The summed E-state index contributed by atoms with van der Waals surface area (Å²) in [5, 5.41) is 0. The Labute approximate surface area is 106 Å². The minimum absolute atomic E-state index is 0.0499. The zero-order chi connectivity index (χ0) is 12.8. The fourth-order valence-corrected chi connectivity index (χ4v) is 5.73. The van der Waals surface area contributed by atoms with Crippen molar-refractivity contribution in [2.24, 2.45) is 5.73 Å².